The predicted molar refractivity (Wildman–Crippen MR) is 114 cm³/mol. The zero-order chi connectivity index (χ0) is 22.8. The predicted octanol–water partition coefficient (Wildman–Crippen LogP) is 2.90. The Kier molecular flexibility index (Phi) is 5.51. The highest BCUT2D eigenvalue weighted by atomic mass is 16.5. The number of ketones is 2. The third kappa shape index (κ3) is 4.11. The van der Waals surface area contributed by atoms with Crippen molar-refractivity contribution in [3.63, 3.8) is 0 Å². The van der Waals surface area contributed by atoms with Crippen LogP contribution in [0.1, 0.15) is 38.1 Å². The summed E-state index contributed by atoms with van der Waals surface area (Å²) in [6.07, 6.45) is 1.41. The van der Waals surface area contributed by atoms with Gasteiger partial charge in [-0.1, -0.05) is 30.3 Å². The van der Waals surface area contributed by atoms with Crippen LogP contribution in [-0.2, 0) is 6.42 Å². The standard InChI is InChI=1S/C24H19NO7/c1-31-15-10-21(32-22(29)11-15)17(7-13-5-3-2-4-6-13)25-18-12-20(28)23-16(24(18)30)8-14(26)9-19(23)27/h2-6,8-12,17,25-27H,7H2,1H3. The summed E-state index contributed by atoms with van der Waals surface area (Å²) >= 11 is 0. The molecule has 3 N–H and O–H groups in total. The summed E-state index contributed by atoms with van der Waals surface area (Å²) < 4.78 is 10.5. The molecule has 1 heterocycles. The van der Waals surface area contributed by atoms with Gasteiger partial charge in [-0.15, -0.1) is 0 Å². The van der Waals surface area contributed by atoms with E-state index in [0.717, 1.165) is 23.8 Å². The number of phenols is 2. The van der Waals surface area contributed by atoms with Gasteiger partial charge >= 0.3 is 5.63 Å². The number of hydrogen-bond donors (Lipinski definition) is 3. The fourth-order valence-electron chi connectivity index (χ4n) is 3.59. The highest BCUT2D eigenvalue weighted by Crippen LogP contribution is 2.33. The molecule has 0 fully saturated rings. The third-order valence-electron chi connectivity index (χ3n) is 5.07. The number of hydrogen-bond acceptors (Lipinski definition) is 8. The van der Waals surface area contributed by atoms with Gasteiger partial charge in [0.15, 0.2) is 5.78 Å². The molecule has 4 rings (SSSR count). The minimum Gasteiger partial charge on any atom is -0.508 e. The topological polar surface area (TPSA) is 126 Å². The average Bonchev–Trinajstić information content (AvgIpc) is 2.76. The number of rotatable bonds is 6. The second-order valence-electron chi connectivity index (χ2n) is 7.24. The van der Waals surface area contributed by atoms with Crippen molar-refractivity contribution in [3.8, 4) is 17.2 Å². The van der Waals surface area contributed by atoms with Crippen LogP contribution in [0.2, 0.25) is 0 Å². The van der Waals surface area contributed by atoms with Crippen molar-refractivity contribution in [2.45, 2.75) is 12.5 Å². The summed E-state index contributed by atoms with van der Waals surface area (Å²) in [5, 5.41) is 22.8. The van der Waals surface area contributed by atoms with Crippen LogP contribution in [0.25, 0.3) is 0 Å². The van der Waals surface area contributed by atoms with Gasteiger partial charge < -0.3 is 24.7 Å². The molecule has 32 heavy (non-hydrogen) atoms. The van der Waals surface area contributed by atoms with Crippen LogP contribution < -0.4 is 15.7 Å². The van der Waals surface area contributed by atoms with Gasteiger partial charge in [0, 0.05) is 23.8 Å². The van der Waals surface area contributed by atoms with Gasteiger partial charge in [0.1, 0.15) is 23.0 Å². The molecule has 0 bridgehead atoms. The van der Waals surface area contributed by atoms with Gasteiger partial charge in [0.25, 0.3) is 0 Å². The van der Waals surface area contributed by atoms with Crippen LogP contribution in [0, 0.1) is 0 Å². The van der Waals surface area contributed by atoms with Gasteiger partial charge in [0.2, 0.25) is 5.78 Å². The van der Waals surface area contributed by atoms with Crippen molar-refractivity contribution in [1.82, 2.24) is 5.32 Å². The number of methoxy groups -OCH3 is 1. The number of ether oxygens (including phenoxy) is 1. The molecule has 3 aromatic rings. The van der Waals surface area contributed by atoms with Gasteiger partial charge in [-0.2, -0.15) is 0 Å². The Morgan fingerprint density at radius 1 is 1.03 bits per heavy atom. The molecule has 1 unspecified atom stereocenters. The Hall–Kier alpha value is -4.33. The molecule has 1 aromatic heterocycles. The highest BCUT2D eigenvalue weighted by Gasteiger charge is 2.31. The smallest absolute Gasteiger partial charge is 0.339 e. The zero-order valence-corrected chi connectivity index (χ0v) is 17.0. The molecule has 0 radical (unpaired) electrons. The Morgan fingerprint density at radius 3 is 2.50 bits per heavy atom. The number of carbonyl (C=O) groups excluding carboxylic acids is 2. The SMILES string of the molecule is COc1cc(C(Cc2ccccc2)NC2=CC(=O)c3c(O)cc(O)cc3C2=O)oc(=O)c1. The Balaban J connectivity index is 1.74. The molecular weight excluding hydrogens is 414 g/mol. The molecule has 1 aliphatic rings. The van der Waals surface area contributed by atoms with Crippen molar-refractivity contribution in [3.05, 3.63) is 99.2 Å². The minimum absolute atomic E-state index is 0.0566. The average molecular weight is 433 g/mol. The van der Waals surface area contributed by atoms with Gasteiger partial charge in [0.05, 0.1) is 30.5 Å². The molecule has 0 aliphatic heterocycles. The summed E-state index contributed by atoms with van der Waals surface area (Å²) in [6.45, 7) is 0. The van der Waals surface area contributed by atoms with Gasteiger partial charge in [-0.05, 0) is 18.1 Å². The lowest BCUT2D eigenvalue weighted by Crippen LogP contribution is -2.31. The number of fused-ring (bicyclic) bond motifs is 1. The first-order valence-corrected chi connectivity index (χ1v) is 9.72. The Morgan fingerprint density at radius 2 is 1.78 bits per heavy atom. The third-order valence-corrected chi connectivity index (χ3v) is 5.07. The summed E-state index contributed by atoms with van der Waals surface area (Å²) in [7, 11) is 1.42. The van der Waals surface area contributed by atoms with Gasteiger partial charge in [-0.3, -0.25) is 9.59 Å². The van der Waals surface area contributed by atoms with E-state index in [1.807, 2.05) is 30.3 Å². The molecule has 0 saturated heterocycles. The van der Waals surface area contributed by atoms with Crippen LogP contribution >= 0.6 is 0 Å². The molecule has 8 heteroatoms. The van der Waals surface area contributed by atoms with Crippen molar-refractivity contribution >= 4 is 11.6 Å². The van der Waals surface area contributed by atoms with Crippen LogP contribution in [0.4, 0.5) is 0 Å². The number of allylic oxidation sites excluding steroid dienone is 2. The second-order valence-corrected chi connectivity index (χ2v) is 7.24. The lowest BCUT2D eigenvalue weighted by atomic mass is 9.90. The lowest BCUT2D eigenvalue weighted by Gasteiger charge is -2.23. The first kappa shape index (κ1) is 20.9. The first-order chi connectivity index (χ1) is 15.4. The van der Waals surface area contributed by atoms with Crippen LogP contribution in [0.15, 0.2) is 75.6 Å². The van der Waals surface area contributed by atoms with E-state index >= 15 is 0 Å². The van der Waals surface area contributed by atoms with E-state index in [1.54, 1.807) is 0 Å². The fourth-order valence-corrected chi connectivity index (χ4v) is 3.59. The quantitative estimate of drug-likeness (QED) is 0.542. The number of aromatic hydroxyl groups is 2. The van der Waals surface area contributed by atoms with Crippen molar-refractivity contribution < 1.29 is 29.0 Å². The van der Waals surface area contributed by atoms with E-state index < -0.39 is 29.0 Å². The molecular formula is C24H19NO7. The normalized spacial score (nSPS) is 13.8. The highest BCUT2D eigenvalue weighted by molar-refractivity contribution is 6.25. The van der Waals surface area contributed by atoms with Crippen molar-refractivity contribution in [2.75, 3.05) is 7.11 Å². The number of benzene rings is 2. The molecule has 1 atom stereocenters. The van der Waals surface area contributed by atoms with E-state index in [4.69, 9.17) is 9.15 Å². The molecule has 8 nitrogen and oxygen atoms in total. The van der Waals surface area contributed by atoms with Crippen LogP contribution in [-0.4, -0.2) is 28.9 Å². The lowest BCUT2D eigenvalue weighted by molar-refractivity contribution is 0.0973. The maximum atomic E-state index is 13.1. The molecule has 1 aliphatic carbocycles. The number of carbonyl (C=O) groups is 2. The number of Topliss-reactive ketones (excluding diaryl/α,β-unsaturated/α-hetero) is 1. The minimum atomic E-state index is -0.698. The zero-order valence-electron chi connectivity index (χ0n) is 17.0. The van der Waals surface area contributed by atoms with E-state index in [1.165, 1.54) is 19.2 Å². The number of nitrogens with one attached hydrogen (secondary N) is 1. The Bertz CT molecular complexity index is 1290. The molecule has 0 amide bonds. The molecule has 0 saturated carbocycles. The van der Waals surface area contributed by atoms with Crippen molar-refractivity contribution in [1.29, 1.82) is 0 Å². The first-order valence-electron chi connectivity index (χ1n) is 9.72. The van der Waals surface area contributed by atoms with E-state index in [2.05, 4.69) is 5.32 Å². The molecule has 0 spiro atoms. The van der Waals surface area contributed by atoms with E-state index in [-0.39, 0.29) is 34.1 Å². The van der Waals surface area contributed by atoms with Crippen molar-refractivity contribution in [2.24, 2.45) is 0 Å². The van der Waals surface area contributed by atoms with Crippen LogP contribution in [0.3, 0.4) is 0 Å². The van der Waals surface area contributed by atoms with Crippen LogP contribution in [0.5, 0.6) is 17.2 Å². The molecule has 162 valence electrons. The van der Waals surface area contributed by atoms with Gasteiger partial charge in [-0.25, -0.2) is 4.79 Å². The van der Waals surface area contributed by atoms with E-state index in [9.17, 15) is 24.6 Å². The maximum absolute atomic E-state index is 13.1. The summed E-state index contributed by atoms with van der Waals surface area (Å²) in [6, 6.07) is 13.5. The fraction of sp³-hybridized carbons (Fsp3) is 0.125. The second kappa shape index (κ2) is 8.43. The van der Waals surface area contributed by atoms with E-state index in [0.29, 0.717) is 6.42 Å². The number of phenolic OH excluding ortho intramolecular Hbond substituents is 2. The summed E-state index contributed by atoms with van der Waals surface area (Å²) in [5.74, 6) is -1.50. The Labute approximate surface area is 182 Å². The maximum Gasteiger partial charge on any atom is 0.339 e. The summed E-state index contributed by atoms with van der Waals surface area (Å²) in [4.78, 5) is 37.7. The monoisotopic (exact) mass is 433 g/mol. The molecule has 2 aromatic carbocycles. The largest absolute Gasteiger partial charge is 0.508 e. The summed E-state index contributed by atoms with van der Waals surface area (Å²) in [5.41, 5.74) is -0.0893.